The Labute approximate surface area is 204 Å². The van der Waals surface area contributed by atoms with Gasteiger partial charge < -0.3 is 30.1 Å². The minimum atomic E-state index is -0.382. The average Bonchev–Trinajstić information content (AvgIpc) is 3.17. The summed E-state index contributed by atoms with van der Waals surface area (Å²) in [5, 5.41) is 16.8. The van der Waals surface area contributed by atoms with Crippen molar-refractivity contribution in [3.63, 3.8) is 0 Å². The fraction of sp³-hybridized carbons (Fsp3) is 0.375. The molecule has 0 bridgehead atoms. The number of halogens is 1. The number of hydrogen-bond donors (Lipinski definition) is 3. The highest BCUT2D eigenvalue weighted by molar-refractivity contribution is 6.32. The number of pyridine rings is 1. The summed E-state index contributed by atoms with van der Waals surface area (Å²) in [4.78, 5) is 15.5. The highest BCUT2D eigenvalue weighted by Gasteiger charge is 2.35. The number of aromatic nitrogens is 3. The van der Waals surface area contributed by atoms with Gasteiger partial charge in [-0.15, -0.1) is 0 Å². The summed E-state index contributed by atoms with van der Waals surface area (Å²) in [6.07, 6.45) is 3.44. The van der Waals surface area contributed by atoms with E-state index in [-0.39, 0.29) is 12.0 Å². The van der Waals surface area contributed by atoms with E-state index < -0.39 is 0 Å². The van der Waals surface area contributed by atoms with E-state index in [0.29, 0.717) is 47.0 Å². The normalized spacial score (nSPS) is 16.8. The first kappa shape index (κ1) is 24.0. The molecule has 0 aliphatic carbocycles. The molecule has 3 N–H and O–H groups in total. The van der Waals surface area contributed by atoms with Crippen LogP contribution in [-0.2, 0) is 5.41 Å². The molecular weight excluding hydrogens is 456 g/mol. The topological polar surface area (TPSA) is 105 Å². The lowest BCUT2D eigenvalue weighted by Crippen LogP contribution is -2.28. The van der Waals surface area contributed by atoms with Crippen LogP contribution in [0.1, 0.15) is 12.5 Å². The largest absolute Gasteiger partial charge is 0.494 e. The van der Waals surface area contributed by atoms with Crippen molar-refractivity contribution in [2.24, 2.45) is 0 Å². The number of anilines is 3. The summed E-state index contributed by atoms with van der Waals surface area (Å²) < 4.78 is 11.3. The van der Waals surface area contributed by atoms with Gasteiger partial charge in [0.2, 0.25) is 5.95 Å². The first-order valence-corrected chi connectivity index (χ1v) is 11.3. The van der Waals surface area contributed by atoms with Crippen LogP contribution in [0.3, 0.4) is 0 Å². The number of likely N-dealkylation sites (N-methyl/N-ethyl adjacent to an activating group) is 1. The maximum atomic E-state index is 9.87. The SMILES string of the molecule is COc1cc(OCCN(C)C)c(Cl)cc1Nc1nccc(-c2cnc3c(c2)C(C)(CO)CN3)n1. The van der Waals surface area contributed by atoms with Gasteiger partial charge in [0.25, 0.3) is 0 Å². The molecule has 1 aliphatic rings. The Bertz CT molecular complexity index is 1180. The first-order valence-electron chi connectivity index (χ1n) is 10.9. The second-order valence-electron chi connectivity index (χ2n) is 8.72. The molecule has 0 saturated carbocycles. The molecule has 0 amide bonds. The molecule has 1 aliphatic heterocycles. The van der Waals surface area contributed by atoms with E-state index in [2.05, 4.69) is 25.6 Å². The summed E-state index contributed by atoms with van der Waals surface area (Å²) in [7, 11) is 5.54. The van der Waals surface area contributed by atoms with E-state index >= 15 is 0 Å². The molecule has 4 rings (SSSR count). The van der Waals surface area contributed by atoms with Crippen LogP contribution in [0.15, 0.2) is 36.7 Å². The van der Waals surface area contributed by atoms with Crippen LogP contribution in [0.2, 0.25) is 5.02 Å². The zero-order valence-corrected chi connectivity index (χ0v) is 20.5. The number of aliphatic hydroxyl groups is 1. The molecule has 2 aromatic heterocycles. The van der Waals surface area contributed by atoms with Gasteiger partial charge in [0.05, 0.1) is 30.1 Å². The van der Waals surface area contributed by atoms with Crippen LogP contribution in [0.25, 0.3) is 11.3 Å². The molecule has 1 aromatic carbocycles. The van der Waals surface area contributed by atoms with E-state index in [9.17, 15) is 5.11 Å². The third-order valence-electron chi connectivity index (χ3n) is 5.78. The molecule has 3 aromatic rings. The quantitative estimate of drug-likeness (QED) is 0.420. The van der Waals surface area contributed by atoms with Crippen LogP contribution in [0.5, 0.6) is 11.5 Å². The summed E-state index contributed by atoms with van der Waals surface area (Å²) >= 11 is 6.45. The van der Waals surface area contributed by atoms with Crippen LogP contribution in [0, 0.1) is 0 Å². The number of aliphatic hydroxyl groups excluding tert-OH is 1. The lowest BCUT2D eigenvalue weighted by molar-refractivity contribution is 0.218. The number of fused-ring (bicyclic) bond motifs is 1. The predicted octanol–water partition coefficient (Wildman–Crippen LogP) is 3.56. The fourth-order valence-corrected chi connectivity index (χ4v) is 3.89. The number of nitrogens with zero attached hydrogens (tertiary/aromatic N) is 4. The number of ether oxygens (including phenoxy) is 2. The molecule has 180 valence electrons. The summed E-state index contributed by atoms with van der Waals surface area (Å²) in [6, 6.07) is 7.31. The van der Waals surface area contributed by atoms with Crippen molar-refractivity contribution in [1.29, 1.82) is 0 Å². The summed E-state index contributed by atoms with van der Waals surface area (Å²) in [5.74, 6) is 2.28. The van der Waals surface area contributed by atoms with Crippen LogP contribution in [-0.4, -0.2) is 72.5 Å². The van der Waals surface area contributed by atoms with Gasteiger partial charge in [0.15, 0.2) is 0 Å². The summed E-state index contributed by atoms with van der Waals surface area (Å²) in [6.45, 7) is 3.96. The van der Waals surface area contributed by atoms with E-state index in [0.717, 1.165) is 23.5 Å². The van der Waals surface area contributed by atoms with E-state index in [4.69, 9.17) is 21.1 Å². The zero-order chi connectivity index (χ0) is 24.3. The second kappa shape index (κ2) is 10.0. The van der Waals surface area contributed by atoms with Crippen LogP contribution < -0.4 is 20.1 Å². The molecule has 9 nitrogen and oxygen atoms in total. The molecule has 0 saturated heterocycles. The standard InChI is InChI=1S/C24H29ClN6O3/c1-24(14-32)13-28-22-16(24)9-15(12-27-22)18-5-6-26-23(29-18)30-19-10-17(25)20(11-21(19)33-4)34-8-7-31(2)3/h5-6,9-12,32H,7-8,13-14H2,1-4H3,(H,27,28)(H,26,29,30). The van der Waals surface area contributed by atoms with Crippen LogP contribution >= 0.6 is 11.6 Å². The molecule has 1 atom stereocenters. The Kier molecular flexibility index (Phi) is 7.06. The maximum absolute atomic E-state index is 9.87. The lowest BCUT2D eigenvalue weighted by Gasteiger charge is -2.20. The van der Waals surface area contributed by atoms with Gasteiger partial charge >= 0.3 is 0 Å². The van der Waals surface area contributed by atoms with Crippen molar-refractivity contribution in [3.8, 4) is 22.8 Å². The van der Waals surface area contributed by atoms with Gasteiger partial charge in [-0.3, -0.25) is 0 Å². The van der Waals surface area contributed by atoms with Gasteiger partial charge in [-0.2, -0.15) is 0 Å². The number of benzene rings is 1. The van der Waals surface area contributed by atoms with Gasteiger partial charge in [0.1, 0.15) is 23.9 Å². The van der Waals surface area contributed by atoms with Crippen molar-refractivity contribution in [3.05, 3.63) is 47.2 Å². The summed E-state index contributed by atoms with van der Waals surface area (Å²) in [5.41, 5.74) is 2.75. The highest BCUT2D eigenvalue weighted by atomic mass is 35.5. The van der Waals surface area contributed by atoms with Crippen LogP contribution in [0.4, 0.5) is 17.5 Å². The third kappa shape index (κ3) is 5.01. The minimum absolute atomic E-state index is 0.0319. The predicted molar refractivity (Wildman–Crippen MR) is 134 cm³/mol. The Hall–Kier alpha value is -3.14. The number of hydrogen-bond acceptors (Lipinski definition) is 9. The van der Waals surface area contributed by atoms with Gasteiger partial charge in [-0.25, -0.2) is 15.0 Å². The Balaban J connectivity index is 1.58. The molecule has 1 unspecified atom stereocenters. The fourth-order valence-electron chi connectivity index (χ4n) is 3.67. The van der Waals surface area contributed by atoms with Gasteiger partial charge in [0, 0.05) is 48.1 Å². The van der Waals surface area contributed by atoms with Crippen molar-refractivity contribution in [2.75, 3.05) is 58.1 Å². The Morgan fingerprint density at radius 1 is 1.24 bits per heavy atom. The number of methoxy groups -OCH3 is 1. The monoisotopic (exact) mass is 484 g/mol. The maximum Gasteiger partial charge on any atom is 0.227 e. The highest BCUT2D eigenvalue weighted by Crippen LogP contribution is 2.38. The minimum Gasteiger partial charge on any atom is -0.494 e. The Morgan fingerprint density at radius 2 is 2.06 bits per heavy atom. The third-order valence-corrected chi connectivity index (χ3v) is 6.08. The van der Waals surface area contributed by atoms with Gasteiger partial charge in [-0.1, -0.05) is 18.5 Å². The smallest absolute Gasteiger partial charge is 0.227 e. The molecule has 34 heavy (non-hydrogen) atoms. The van der Waals surface area contributed by atoms with Crippen molar-refractivity contribution in [2.45, 2.75) is 12.3 Å². The second-order valence-corrected chi connectivity index (χ2v) is 9.12. The molecule has 3 heterocycles. The Morgan fingerprint density at radius 3 is 2.79 bits per heavy atom. The number of rotatable bonds is 9. The van der Waals surface area contributed by atoms with E-state index in [1.807, 2.05) is 38.1 Å². The van der Waals surface area contributed by atoms with Crippen molar-refractivity contribution in [1.82, 2.24) is 19.9 Å². The average molecular weight is 485 g/mol. The van der Waals surface area contributed by atoms with Gasteiger partial charge in [-0.05, 0) is 32.3 Å². The number of nitrogens with one attached hydrogen (secondary N) is 2. The van der Waals surface area contributed by atoms with Crippen molar-refractivity contribution < 1.29 is 14.6 Å². The zero-order valence-electron chi connectivity index (χ0n) is 19.7. The molecule has 0 fully saturated rings. The molecular formula is C24H29ClN6O3. The lowest BCUT2D eigenvalue weighted by atomic mass is 9.85. The van der Waals surface area contributed by atoms with E-state index in [1.54, 1.807) is 31.6 Å². The van der Waals surface area contributed by atoms with Crippen molar-refractivity contribution >= 4 is 29.1 Å². The molecule has 10 heteroatoms. The first-order chi connectivity index (χ1) is 16.3. The molecule has 0 spiro atoms. The van der Waals surface area contributed by atoms with E-state index in [1.165, 1.54) is 0 Å². The molecule has 0 radical (unpaired) electrons.